The maximum absolute atomic E-state index is 11.3. The molecule has 0 aliphatic heterocycles. The maximum atomic E-state index is 11.3. The highest BCUT2D eigenvalue weighted by Gasteiger charge is 2.13. The van der Waals surface area contributed by atoms with Crippen LogP contribution in [0.4, 0.5) is 28.3 Å². The Hall–Kier alpha value is -3.95. The van der Waals surface area contributed by atoms with Crippen LogP contribution in [0.1, 0.15) is 46.1 Å². The van der Waals surface area contributed by atoms with E-state index in [9.17, 15) is 9.59 Å². The van der Waals surface area contributed by atoms with E-state index in [1.165, 1.54) is 11.2 Å². The average Bonchev–Trinajstić information content (AvgIpc) is 3.52. The second kappa shape index (κ2) is 23.5. The van der Waals surface area contributed by atoms with Crippen molar-refractivity contribution in [2.24, 2.45) is 0 Å². The maximum Gasteiger partial charge on any atom is 0.321 e. The van der Waals surface area contributed by atoms with Gasteiger partial charge in [0.25, 0.3) is 0 Å². The monoisotopic (exact) mass is 876 g/mol. The van der Waals surface area contributed by atoms with E-state index in [2.05, 4.69) is 77.9 Å². The average molecular weight is 880 g/mol. The zero-order chi connectivity index (χ0) is 37.8. The zero-order valence-electron chi connectivity index (χ0n) is 28.0. The second-order valence-corrected chi connectivity index (χ2v) is 12.9. The molecule has 15 nitrogen and oxygen atoms in total. The van der Waals surface area contributed by atoms with Gasteiger partial charge in [-0.15, -0.1) is 0 Å². The Labute approximate surface area is 322 Å². The zero-order valence-corrected chi connectivity index (χ0v) is 33.4. The Bertz CT molecular complexity index is 1690. The van der Waals surface area contributed by atoms with Gasteiger partial charge < -0.3 is 31.3 Å². The number of nitrogens with two attached hydrogens (primary N) is 1. The second-order valence-electron chi connectivity index (χ2n) is 10.0. The number of hydrogen-bond acceptors (Lipinski definition) is 12. The van der Waals surface area contributed by atoms with Gasteiger partial charge in [-0.1, -0.05) is 30.1 Å². The summed E-state index contributed by atoms with van der Waals surface area (Å²) in [6.45, 7) is 8.63. The molecule has 0 aliphatic rings. The third kappa shape index (κ3) is 17.6. The Balaban J connectivity index is 0.000000346. The molecule has 50 heavy (non-hydrogen) atoms. The van der Waals surface area contributed by atoms with Gasteiger partial charge in [0.2, 0.25) is 23.1 Å². The van der Waals surface area contributed by atoms with Gasteiger partial charge >= 0.3 is 12.0 Å². The Kier molecular flexibility index (Phi) is 20.7. The van der Waals surface area contributed by atoms with Gasteiger partial charge in [0.15, 0.2) is 5.75 Å². The molecular weight excluding hydrogens is 843 g/mol. The number of carbonyl (C=O) groups excluding carboxylic acids is 2. The number of aromatic nitrogens is 6. The summed E-state index contributed by atoms with van der Waals surface area (Å²) in [6, 6.07) is 10.2. The highest BCUT2D eigenvalue weighted by molar-refractivity contribution is 9.11. The summed E-state index contributed by atoms with van der Waals surface area (Å²) in [6.07, 6.45) is 2.47. The molecule has 2 aromatic carbocycles. The highest BCUT2D eigenvalue weighted by Crippen LogP contribution is 2.35. The SMILES string of the molecule is CCCC(=O)Oc1c(Br)cc(C#N)cc1Br.CCNc1nc(Cl)nc(NC(C)C)n1.CN(C)C(=O)Nc1ccc(Cl)c(Cl)c1.Nc1ncn[nH]1. The molecule has 4 rings (SSSR count). The van der Waals surface area contributed by atoms with Gasteiger partial charge in [0, 0.05) is 38.8 Å². The van der Waals surface area contributed by atoms with Crippen molar-refractivity contribution >= 4 is 102 Å². The summed E-state index contributed by atoms with van der Waals surface area (Å²) in [7, 11) is 3.32. The van der Waals surface area contributed by atoms with Crippen LogP contribution in [0.2, 0.25) is 15.3 Å². The molecule has 0 fully saturated rings. The van der Waals surface area contributed by atoms with Crippen molar-refractivity contribution in [1.29, 1.82) is 5.26 Å². The summed E-state index contributed by atoms with van der Waals surface area (Å²) in [5, 5.41) is 24.4. The standard InChI is InChI=1S/C11H9Br2NO2.C9H10Cl2N2O.C8H14ClN5.C2H4N4/c1-2-3-10(15)16-11-8(12)4-7(6-14)5-9(11)13;1-13(2)9(14)12-6-3-4-7(10)8(11)5-6;1-4-10-7-12-6(9)13-8(14-7)11-5(2)3;3-2-4-1-5-6-2/h4-5H,2-3H2,1H3;3-5H,1-2H3,(H,12,14);5H,4H2,1-3H3,(H2,10,11,12,13,14);1H,(H3,3,4,5,6). The van der Waals surface area contributed by atoms with Crippen molar-refractivity contribution in [3.8, 4) is 11.8 Å². The molecule has 0 radical (unpaired) electrons. The number of amides is 2. The Morgan fingerprint density at radius 1 is 1.04 bits per heavy atom. The van der Waals surface area contributed by atoms with E-state index in [1.54, 1.807) is 44.4 Å². The smallest absolute Gasteiger partial charge is 0.321 e. The molecule has 0 saturated carbocycles. The van der Waals surface area contributed by atoms with Crippen LogP contribution < -0.4 is 26.4 Å². The van der Waals surface area contributed by atoms with Crippen molar-refractivity contribution < 1.29 is 14.3 Å². The number of anilines is 4. The van der Waals surface area contributed by atoms with Crippen LogP contribution in [0.15, 0.2) is 45.6 Å². The summed E-state index contributed by atoms with van der Waals surface area (Å²) in [5.41, 5.74) is 6.17. The number of rotatable bonds is 8. The molecule has 0 bridgehead atoms. The predicted molar refractivity (Wildman–Crippen MR) is 205 cm³/mol. The number of H-pyrrole nitrogens is 1. The fraction of sp³-hybridized carbons (Fsp3) is 0.333. The van der Waals surface area contributed by atoms with Crippen LogP contribution >= 0.6 is 66.7 Å². The summed E-state index contributed by atoms with van der Waals surface area (Å²) < 4.78 is 6.35. The van der Waals surface area contributed by atoms with Crippen LogP contribution in [0.5, 0.6) is 5.75 Å². The number of nitrogens with zero attached hydrogens (tertiary/aromatic N) is 7. The first-order valence-corrected chi connectivity index (χ1v) is 17.4. The molecule has 0 unspecified atom stereocenters. The largest absolute Gasteiger partial charge is 0.424 e. The molecule has 0 spiro atoms. The molecule has 0 aliphatic carbocycles. The number of halogens is 5. The normalized spacial score (nSPS) is 9.74. The van der Waals surface area contributed by atoms with Gasteiger partial charge in [-0.05, 0) is 101 Å². The van der Waals surface area contributed by atoms with Crippen molar-refractivity contribution in [3.63, 3.8) is 0 Å². The summed E-state index contributed by atoms with van der Waals surface area (Å²) in [5.74, 6) is 1.48. The van der Waals surface area contributed by atoms with Crippen LogP contribution in [-0.2, 0) is 4.79 Å². The van der Waals surface area contributed by atoms with E-state index in [0.29, 0.717) is 60.3 Å². The lowest BCUT2D eigenvalue weighted by Crippen LogP contribution is -2.27. The van der Waals surface area contributed by atoms with Gasteiger partial charge in [0.1, 0.15) is 6.33 Å². The highest BCUT2D eigenvalue weighted by atomic mass is 79.9. The molecule has 20 heteroatoms. The van der Waals surface area contributed by atoms with E-state index < -0.39 is 0 Å². The van der Waals surface area contributed by atoms with E-state index >= 15 is 0 Å². The minimum absolute atomic E-state index is 0.194. The molecule has 4 aromatic rings. The predicted octanol–water partition coefficient (Wildman–Crippen LogP) is 8.04. The molecule has 0 atom stereocenters. The Morgan fingerprint density at radius 2 is 1.68 bits per heavy atom. The first-order chi connectivity index (χ1) is 23.6. The van der Waals surface area contributed by atoms with Crippen LogP contribution in [0.3, 0.4) is 0 Å². The minimum Gasteiger partial charge on any atom is -0.424 e. The fourth-order valence-electron chi connectivity index (χ4n) is 3.03. The van der Waals surface area contributed by atoms with E-state index in [-0.39, 0.29) is 23.3 Å². The van der Waals surface area contributed by atoms with Crippen LogP contribution in [0, 0.1) is 11.3 Å². The number of carbonyl (C=O) groups is 2. The number of benzene rings is 2. The van der Waals surface area contributed by atoms with Crippen molar-refractivity contribution in [2.45, 2.75) is 46.6 Å². The van der Waals surface area contributed by atoms with E-state index in [0.717, 1.165) is 13.0 Å². The molecule has 2 aromatic heterocycles. The number of nitrogens with one attached hydrogen (secondary N) is 4. The number of aromatic amines is 1. The van der Waals surface area contributed by atoms with Crippen molar-refractivity contribution in [2.75, 3.05) is 42.3 Å². The van der Waals surface area contributed by atoms with Crippen molar-refractivity contribution in [1.82, 2.24) is 35.0 Å². The summed E-state index contributed by atoms with van der Waals surface area (Å²) in [4.78, 5) is 39.6. The van der Waals surface area contributed by atoms with Crippen molar-refractivity contribution in [3.05, 3.63) is 66.5 Å². The lowest BCUT2D eigenvalue weighted by atomic mass is 10.2. The minimum atomic E-state index is -0.284. The quantitative estimate of drug-likeness (QED) is 0.0841. The fourth-order valence-corrected chi connectivity index (χ4v) is 4.83. The molecule has 0 saturated heterocycles. The molecule has 270 valence electrons. The van der Waals surface area contributed by atoms with Crippen LogP contribution in [-0.4, -0.2) is 73.7 Å². The third-order valence-corrected chi connectivity index (χ3v) is 7.26. The summed E-state index contributed by atoms with van der Waals surface area (Å²) >= 11 is 23.8. The van der Waals surface area contributed by atoms with Gasteiger partial charge in [0.05, 0.1) is 30.6 Å². The topological polar surface area (TPSA) is 213 Å². The molecule has 6 N–H and O–H groups in total. The first-order valence-electron chi connectivity index (χ1n) is 14.7. The molecular formula is C30H37Br2Cl3N12O3. The van der Waals surface area contributed by atoms with Gasteiger partial charge in [-0.25, -0.2) is 14.9 Å². The first kappa shape index (κ1) is 44.1. The lowest BCUT2D eigenvalue weighted by molar-refractivity contribution is -0.134. The van der Waals surface area contributed by atoms with E-state index in [4.69, 9.17) is 50.5 Å². The third-order valence-electron chi connectivity index (χ3n) is 5.17. The number of urea groups is 1. The Morgan fingerprint density at radius 3 is 2.14 bits per heavy atom. The van der Waals surface area contributed by atoms with E-state index in [1.807, 2.05) is 33.8 Å². The number of nitrogen functional groups attached to an aromatic ring is 1. The lowest BCUT2D eigenvalue weighted by Gasteiger charge is -2.12. The number of esters is 1. The molecule has 2 heterocycles. The molecule has 2 amide bonds. The number of nitriles is 1. The number of hydrogen-bond donors (Lipinski definition) is 5. The van der Waals surface area contributed by atoms with Crippen LogP contribution in [0.25, 0.3) is 0 Å². The van der Waals surface area contributed by atoms with Gasteiger partial charge in [-0.3, -0.25) is 4.79 Å². The number of ether oxygens (including phenoxy) is 1. The van der Waals surface area contributed by atoms with Gasteiger partial charge in [-0.2, -0.15) is 25.3 Å².